The van der Waals surface area contributed by atoms with Gasteiger partial charge in [0.15, 0.2) is 11.5 Å². The van der Waals surface area contributed by atoms with Crippen molar-refractivity contribution in [2.45, 2.75) is 6.92 Å². The van der Waals surface area contributed by atoms with E-state index in [1.54, 1.807) is 13.0 Å². The number of hydrogen-bond donors (Lipinski definition) is 3. The maximum absolute atomic E-state index is 14.0. The highest BCUT2D eigenvalue weighted by molar-refractivity contribution is 7.08. The number of halogens is 3. The molecule has 1 aromatic heterocycles. The van der Waals surface area contributed by atoms with Crippen LogP contribution in [0.3, 0.4) is 0 Å². The quantitative estimate of drug-likeness (QED) is 0.167. The number of carboxylic acid groups (broad SMARTS) is 1. The summed E-state index contributed by atoms with van der Waals surface area (Å²) < 4.78 is 31.7. The summed E-state index contributed by atoms with van der Waals surface area (Å²) in [7, 11) is 0. The van der Waals surface area contributed by atoms with Gasteiger partial charge in [-0.1, -0.05) is 17.7 Å². The Morgan fingerprint density at radius 2 is 1.73 bits per heavy atom. The fourth-order valence-electron chi connectivity index (χ4n) is 3.42. The van der Waals surface area contributed by atoms with Crippen LogP contribution in [-0.4, -0.2) is 23.0 Å². The Labute approximate surface area is 218 Å². The predicted molar refractivity (Wildman–Crippen MR) is 137 cm³/mol. The van der Waals surface area contributed by atoms with Crippen LogP contribution in [0.4, 0.5) is 30.6 Å². The molecule has 3 N–H and O–H groups in total. The summed E-state index contributed by atoms with van der Waals surface area (Å²) in [4.78, 5) is 36.9. The highest BCUT2D eigenvalue weighted by atomic mass is 35.5. The minimum absolute atomic E-state index is 0.0183. The molecule has 0 unspecified atom stereocenters. The molecule has 4 rings (SSSR count). The van der Waals surface area contributed by atoms with Gasteiger partial charge in [0.1, 0.15) is 11.6 Å². The number of amides is 1. The lowest BCUT2D eigenvalue weighted by molar-refractivity contribution is 0.102. The first kappa shape index (κ1) is 25.8. The minimum Gasteiger partial charge on any atom is -0.449 e. The number of rotatable bonds is 7. The number of anilines is 3. The van der Waals surface area contributed by atoms with Gasteiger partial charge in [-0.25, -0.2) is 13.6 Å². The average Bonchev–Trinajstić information content (AvgIpc) is 3.26. The van der Waals surface area contributed by atoms with Gasteiger partial charge in [0.05, 0.1) is 16.4 Å². The van der Waals surface area contributed by atoms with E-state index in [9.17, 15) is 23.2 Å². The summed E-state index contributed by atoms with van der Waals surface area (Å²) >= 11 is 7.50. The fraction of sp³-hybridized carbons (Fsp3) is 0.0385. The smallest absolute Gasteiger partial charge is 0.449 e. The van der Waals surface area contributed by atoms with Crippen LogP contribution in [0, 0.1) is 18.6 Å². The minimum atomic E-state index is -1.52. The van der Waals surface area contributed by atoms with Crippen LogP contribution in [0.2, 0.25) is 5.02 Å². The Hall–Kier alpha value is -4.28. The van der Waals surface area contributed by atoms with Gasteiger partial charge in [-0.2, -0.15) is 0 Å². The lowest BCUT2D eigenvalue weighted by Gasteiger charge is -2.12. The zero-order valence-electron chi connectivity index (χ0n) is 19.0. The zero-order chi connectivity index (χ0) is 26.7. The molecule has 0 fully saturated rings. The molecule has 0 saturated heterocycles. The van der Waals surface area contributed by atoms with Gasteiger partial charge in [-0.05, 0) is 55.0 Å². The Morgan fingerprint density at radius 1 is 0.946 bits per heavy atom. The van der Waals surface area contributed by atoms with Crippen molar-refractivity contribution in [1.29, 1.82) is 0 Å². The summed E-state index contributed by atoms with van der Waals surface area (Å²) in [6.45, 7) is 1.70. The molecule has 37 heavy (non-hydrogen) atoms. The summed E-state index contributed by atoms with van der Waals surface area (Å²) in [5.74, 6) is -2.53. The molecule has 0 atom stereocenters. The number of carbonyl (C=O) groups excluding carboxylic acids is 2. The molecular formula is C26H17ClF2N2O5S. The van der Waals surface area contributed by atoms with E-state index in [-0.39, 0.29) is 38.8 Å². The van der Waals surface area contributed by atoms with Gasteiger partial charge in [0, 0.05) is 39.2 Å². The Bertz CT molecular complexity index is 1540. The van der Waals surface area contributed by atoms with E-state index in [1.165, 1.54) is 47.2 Å². The van der Waals surface area contributed by atoms with Crippen molar-refractivity contribution in [2.75, 3.05) is 10.6 Å². The fourth-order valence-corrected chi connectivity index (χ4v) is 4.36. The molecule has 0 aliphatic carbocycles. The summed E-state index contributed by atoms with van der Waals surface area (Å²) in [6, 6.07) is 12.0. The van der Waals surface area contributed by atoms with Gasteiger partial charge < -0.3 is 20.5 Å². The third-order valence-corrected chi connectivity index (χ3v) is 6.27. The monoisotopic (exact) mass is 542 g/mol. The number of ether oxygens (including phenoxy) is 1. The molecule has 7 nitrogen and oxygen atoms in total. The van der Waals surface area contributed by atoms with Crippen LogP contribution in [0.1, 0.15) is 31.8 Å². The number of carbonyl (C=O) groups is 3. The van der Waals surface area contributed by atoms with Crippen molar-refractivity contribution < 1.29 is 33.0 Å². The molecule has 4 aromatic rings. The molecule has 0 saturated carbocycles. The number of ketones is 1. The van der Waals surface area contributed by atoms with E-state index in [0.29, 0.717) is 11.3 Å². The summed E-state index contributed by atoms with van der Waals surface area (Å²) in [6.07, 6.45) is -1.52. The normalized spacial score (nSPS) is 10.6. The third-order valence-electron chi connectivity index (χ3n) is 5.24. The Kier molecular flexibility index (Phi) is 7.51. The molecule has 188 valence electrons. The zero-order valence-corrected chi connectivity index (χ0v) is 20.5. The molecule has 1 heterocycles. The lowest BCUT2D eigenvalue weighted by Crippen LogP contribution is -2.14. The Morgan fingerprint density at radius 3 is 2.43 bits per heavy atom. The van der Waals surface area contributed by atoms with Crippen LogP contribution in [0.15, 0.2) is 65.4 Å². The van der Waals surface area contributed by atoms with Crippen molar-refractivity contribution >= 4 is 57.8 Å². The van der Waals surface area contributed by atoms with Crippen molar-refractivity contribution in [3.63, 3.8) is 0 Å². The second-order valence-corrected chi connectivity index (χ2v) is 8.93. The van der Waals surface area contributed by atoms with Crippen molar-refractivity contribution in [3.05, 3.63) is 104 Å². The van der Waals surface area contributed by atoms with Crippen LogP contribution in [0.25, 0.3) is 0 Å². The van der Waals surface area contributed by atoms with Crippen molar-refractivity contribution in [3.8, 4) is 5.75 Å². The van der Waals surface area contributed by atoms with E-state index in [1.807, 2.05) is 0 Å². The second kappa shape index (κ2) is 10.8. The predicted octanol–water partition coefficient (Wildman–Crippen LogP) is 7.27. The molecule has 0 bridgehead atoms. The van der Waals surface area contributed by atoms with Crippen molar-refractivity contribution in [1.82, 2.24) is 0 Å². The van der Waals surface area contributed by atoms with E-state index < -0.39 is 29.5 Å². The molecule has 0 spiro atoms. The SMILES string of the molecule is Cc1ccc(C(=O)Nc2cscc2OC(=O)O)cc1C(=O)c1ccc(Nc2ccc(F)cc2F)cc1Cl. The highest BCUT2D eigenvalue weighted by Crippen LogP contribution is 2.31. The molecule has 0 aliphatic heterocycles. The van der Waals surface area contributed by atoms with Crippen LogP contribution in [-0.2, 0) is 0 Å². The van der Waals surface area contributed by atoms with Crippen LogP contribution < -0.4 is 15.4 Å². The first-order valence-electron chi connectivity index (χ1n) is 10.6. The van der Waals surface area contributed by atoms with E-state index >= 15 is 0 Å². The largest absolute Gasteiger partial charge is 0.511 e. The third kappa shape index (κ3) is 5.93. The summed E-state index contributed by atoms with van der Waals surface area (Å²) in [5, 5.41) is 17.2. The molecule has 0 radical (unpaired) electrons. The van der Waals surface area contributed by atoms with Crippen LogP contribution >= 0.6 is 22.9 Å². The number of hydrogen-bond acceptors (Lipinski definition) is 6. The van der Waals surface area contributed by atoms with Gasteiger partial charge in [-0.3, -0.25) is 9.59 Å². The van der Waals surface area contributed by atoms with E-state index in [2.05, 4.69) is 15.4 Å². The standard InChI is InChI=1S/C26H17ClF2N2O5S/c1-13-2-3-14(25(33)31-22-11-37-12-23(22)36-26(34)35)8-18(13)24(32)17-6-5-16(10-19(17)27)30-21-7-4-15(28)9-20(21)29/h2-12,30H,1H3,(H,31,33)(H,34,35). The molecule has 0 aliphatic rings. The van der Waals surface area contributed by atoms with E-state index in [4.69, 9.17) is 16.7 Å². The summed E-state index contributed by atoms with van der Waals surface area (Å²) in [5.41, 5.74) is 1.73. The number of benzene rings is 3. The van der Waals surface area contributed by atoms with E-state index in [0.717, 1.165) is 23.5 Å². The molecule has 11 heteroatoms. The second-order valence-electron chi connectivity index (χ2n) is 7.77. The number of thiophene rings is 1. The highest BCUT2D eigenvalue weighted by Gasteiger charge is 2.19. The first-order chi connectivity index (χ1) is 17.6. The first-order valence-corrected chi connectivity index (χ1v) is 11.9. The maximum Gasteiger partial charge on any atom is 0.511 e. The van der Waals surface area contributed by atoms with Crippen molar-refractivity contribution in [2.24, 2.45) is 0 Å². The topological polar surface area (TPSA) is 105 Å². The average molecular weight is 543 g/mol. The Balaban J connectivity index is 1.55. The maximum atomic E-state index is 14.0. The number of aryl methyl sites for hydroxylation is 1. The molecule has 3 aromatic carbocycles. The van der Waals surface area contributed by atoms with Gasteiger partial charge in [-0.15, -0.1) is 11.3 Å². The van der Waals surface area contributed by atoms with Gasteiger partial charge >= 0.3 is 6.16 Å². The molecular weight excluding hydrogens is 526 g/mol. The van der Waals surface area contributed by atoms with Gasteiger partial charge in [0.25, 0.3) is 5.91 Å². The lowest BCUT2D eigenvalue weighted by atomic mass is 9.96. The van der Waals surface area contributed by atoms with Crippen LogP contribution in [0.5, 0.6) is 5.75 Å². The van der Waals surface area contributed by atoms with Gasteiger partial charge in [0.2, 0.25) is 0 Å². The number of nitrogens with one attached hydrogen (secondary N) is 2. The molecule has 1 amide bonds.